The van der Waals surface area contributed by atoms with Crippen LogP contribution in [0.5, 0.6) is 0 Å². The van der Waals surface area contributed by atoms with Crippen molar-refractivity contribution in [1.29, 1.82) is 0 Å². The van der Waals surface area contributed by atoms with E-state index in [2.05, 4.69) is 18.8 Å². The lowest BCUT2D eigenvalue weighted by Gasteiger charge is -2.35. The number of carbonyl (C=O) groups excluding carboxylic acids is 2. The number of benzene rings is 2. The SMILES string of the molecule is CC(C)c1ccc(C(=O)N2CCN(C(=O)c3cc(Cl)cc4cccnc34)CC2)cc1. The van der Waals surface area contributed by atoms with E-state index in [-0.39, 0.29) is 11.8 Å². The first-order valence-corrected chi connectivity index (χ1v) is 10.5. The van der Waals surface area contributed by atoms with Crippen LogP contribution in [0, 0.1) is 0 Å². The number of pyridine rings is 1. The van der Waals surface area contributed by atoms with Crippen LogP contribution in [0.15, 0.2) is 54.7 Å². The van der Waals surface area contributed by atoms with Gasteiger partial charge in [0, 0.05) is 48.3 Å². The van der Waals surface area contributed by atoms with Crippen molar-refractivity contribution in [2.45, 2.75) is 19.8 Å². The largest absolute Gasteiger partial charge is 0.335 e. The molecule has 1 aliphatic rings. The fourth-order valence-electron chi connectivity index (χ4n) is 3.79. The number of amides is 2. The number of fused-ring (bicyclic) bond motifs is 1. The fourth-order valence-corrected chi connectivity index (χ4v) is 4.02. The Morgan fingerprint density at radius 3 is 2.20 bits per heavy atom. The Bertz CT molecular complexity index is 1090. The van der Waals surface area contributed by atoms with Crippen LogP contribution in [-0.4, -0.2) is 52.8 Å². The van der Waals surface area contributed by atoms with Crippen LogP contribution in [0.1, 0.15) is 46.0 Å². The maximum Gasteiger partial charge on any atom is 0.256 e. The molecule has 0 saturated carbocycles. The van der Waals surface area contributed by atoms with Gasteiger partial charge in [-0.1, -0.05) is 43.6 Å². The van der Waals surface area contributed by atoms with Crippen molar-refractivity contribution in [3.8, 4) is 0 Å². The summed E-state index contributed by atoms with van der Waals surface area (Å²) in [5.74, 6) is 0.336. The van der Waals surface area contributed by atoms with Gasteiger partial charge in [-0.2, -0.15) is 0 Å². The highest BCUT2D eigenvalue weighted by Gasteiger charge is 2.27. The highest BCUT2D eigenvalue weighted by Crippen LogP contribution is 2.24. The molecule has 0 spiro atoms. The molecular formula is C24H24ClN3O2. The quantitative estimate of drug-likeness (QED) is 0.620. The molecule has 0 N–H and O–H groups in total. The van der Waals surface area contributed by atoms with Gasteiger partial charge < -0.3 is 9.80 Å². The fraction of sp³-hybridized carbons (Fsp3) is 0.292. The number of carbonyl (C=O) groups is 2. The van der Waals surface area contributed by atoms with Crippen molar-refractivity contribution >= 4 is 34.3 Å². The monoisotopic (exact) mass is 421 g/mol. The minimum Gasteiger partial charge on any atom is -0.335 e. The zero-order chi connectivity index (χ0) is 21.3. The second-order valence-electron chi connectivity index (χ2n) is 7.89. The predicted octanol–water partition coefficient (Wildman–Crippen LogP) is 4.61. The molecule has 0 bridgehead atoms. The van der Waals surface area contributed by atoms with Crippen LogP contribution in [-0.2, 0) is 0 Å². The molecule has 1 fully saturated rings. The van der Waals surface area contributed by atoms with Gasteiger partial charge in [0.1, 0.15) is 0 Å². The molecule has 30 heavy (non-hydrogen) atoms. The molecule has 6 heteroatoms. The Balaban J connectivity index is 1.46. The summed E-state index contributed by atoms with van der Waals surface area (Å²) in [6.07, 6.45) is 1.67. The number of piperazine rings is 1. The maximum absolute atomic E-state index is 13.1. The normalized spacial score (nSPS) is 14.4. The second-order valence-corrected chi connectivity index (χ2v) is 8.33. The molecule has 1 aromatic heterocycles. The number of halogens is 1. The summed E-state index contributed by atoms with van der Waals surface area (Å²) in [5.41, 5.74) is 3.05. The van der Waals surface area contributed by atoms with E-state index in [9.17, 15) is 9.59 Å². The topological polar surface area (TPSA) is 53.5 Å². The third-order valence-corrected chi connectivity index (χ3v) is 5.80. The van der Waals surface area contributed by atoms with E-state index in [1.165, 1.54) is 5.56 Å². The first-order valence-electron chi connectivity index (χ1n) is 10.2. The van der Waals surface area contributed by atoms with E-state index in [0.29, 0.717) is 53.8 Å². The van der Waals surface area contributed by atoms with Crippen LogP contribution < -0.4 is 0 Å². The molecule has 1 aliphatic heterocycles. The molecule has 3 aromatic rings. The number of aromatic nitrogens is 1. The number of hydrogen-bond acceptors (Lipinski definition) is 3. The van der Waals surface area contributed by atoms with Gasteiger partial charge in [0.2, 0.25) is 0 Å². The summed E-state index contributed by atoms with van der Waals surface area (Å²) in [7, 11) is 0. The Morgan fingerprint density at radius 2 is 1.57 bits per heavy atom. The van der Waals surface area contributed by atoms with Crippen LogP contribution in [0.25, 0.3) is 10.9 Å². The van der Waals surface area contributed by atoms with Crippen molar-refractivity contribution in [3.63, 3.8) is 0 Å². The first-order chi connectivity index (χ1) is 14.4. The average molecular weight is 422 g/mol. The molecule has 2 amide bonds. The van der Waals surface area contributed by atoms with E-state index in [1.54, 1.807) is 17.2 Å². The van der Waals surface area contributed by atoms with Gasteiger partial charge >= 0.3 is 0 Å². The van der Waals surface area contributed by atoms with Gasteiger partial charge in [0.15, 0.2) is 0 Å². The molecule has 0 aliphatic carbocycles. The highest BCUT2D eigenvalue weighted by atomic mass is 35.5. The van der Waals surface area contributed by atoms with Gasteiger partial charge in [0.05, 0.1) is 11.1 Å². The number of nitrogens with zero attached hydrogens (tertiary/aromatic N) is 3. The molecule has 0 unspecified atom stereocenters. The predicted molar refractivity (Wildman–Crippen MR) is 119 cm³/mol. The van der Waals surface area contributed by atoms with Crippen molar-refractivity contribution < 1.29 is 9.59 Å². The third-order valence-electron chi connectivity index (χ3n) is 5.58. The first kappa shape index (κ1) is 20.4. The number of rotatable bonds is 3. The molecule has 154 valence electrons. The van der Waals surface area contributed by atoms with Gasteiger partial charge in [-0.25, -0.2) is 0 Å². The number of hydrogen-bond donors (Lipinski definition) is 0. The standard InChI is InChI=1S/C24H24ClN3O2/c1-16(2)17-5-7-18(8-6-17)23(29)27-10-12-28(13-11-27)24(30)21-15-20(25)14-19-4-3-9-26-22(19)21/h3-9,14-16H,10-13H2,1-2H3. The van der Waals surface area contributed by atoms with Gasteiger partial charge in [-0.3, -0.25) is 14.6 Å². The Labute approximate surface area is 181 Å². The van der Waals surface area contributed by atoms with Gasteiger partial charge in [-0.15, -0.1) is 0 Å². The minimum atomic E-state index is -0.102. The van der Waals surface area contributed by atoms with Crippen LogP contribution >= 0.6 is 11.6 Å². The van der Waals surface area contributed by atoms with Crippen LogP contribution in [0.2, 0.25) is 5.02 Å². The zero-order valence-electron chi connectivity index (χ0n) is 17.1. The average Bonchev–Trinajstić information content (AvgIpc) is 2.77. The highest BCUT2D eigenvalue weighted by molar-refractivity contribution is 6.32. The smallest absolute Gasteiger partial charge is 0.256 e. The summed E-state index contributed by atoms with van der Waals surface area (Å²) < 4.78 is 0. The van der Waals surface area contributed by atoms with E-state index in [1.807, 2.05) is 47.4 Å². The van der Waals surface area contributed by atoms with Crippen molar-refractivity contribution in [3.05, 3.63) is 76.4 Å². The van der Waals surface area contributed by atoms with E-state index in [4.69, 9.17) is 11.6 Å². The zero-order valence-corrected chi connectivity index (χ0v) is 17.9. The van der Waals surface area contributed by atoms with Crippen LogP contribution in [0.3, 0.4) is 0 Å². The Kier molecular flexibility index (Phi) is 5.73. The minimum absolute atomic E-state index is 0.00674. The van der Waals surface area contributed by atoms with E-state index in [0.717, 1.165) is 5.39 Å². The Morgan fingerprint density at radius 1 is 0.933 bits per heavy atom. The Hall–Kier alpha value is -2.92. The lowest BCUT2D eigenvalue weighted by atomic mass is 10.0. The van der Waals surface area contributed by atoms with Crippen molar-refractivity contribution in [2.24, 2.45) is 0 Å². The molecule has 1 saturated heterocycles. The molecule has 0 atom stereocenters. The van der Waals surface area contributed by atoms with Crippen molar-refractivity contribution in [1.82, 2.24) is 14.8 Å². The summed E-state index contributed by atoms with van der Waals surface area (Å²) in [4.78, 5) is 33.9. The molecule has 4 rings (SSSR count). The van der Waals surface area contributed by atoms with Gasteiger partial charge in [-0.05, 0) is 41.8 Å². The van der Waals surface area contributed by atoms with E-state index < -0.39 is 0 Å². The third kappa shape index (κ3) is 4.03. The lowest BCUT2D eigenvalue weighted by molar-refractivity contribution is 0.0536. The molecule has 2 heterocycles. The van der Waals surface area contributed by atoms with Crippen LogP contribution in [0.4, 0.5) is 0 Å². The molecule has 0 radical (unpaired) electrons. The summed E-state index contributed by atoms with van der Waals surface area (Å²) in [5, 5.41) is 1.35. The lowest BCUT2D eigenvalue weighted by Crippen LogP contribution is -2.50. The molecule has 5 nitrogen and oxygen atoms in total. The summed E-state index contributed by atoms with van der Waals surface area (Å²) >= 11 is 6.22. The van der Waals surface area contributed by atoms with Gasteiger partial charge in [0.25, 0.3) is 11.8 Å². The van der Waals surface area contributed by atoms with Crippen molar-refractivity contribution in [2.75, 3.05) is 26.2 Å². The summed E-state index contributed by atoms with van der Waals surface area (Å²) in [6.45, 7) is 6.23. The maximum atomic E-state index is 13.1. The van der Waals surface area contributed by atoms with E-state index >= 15 is 0 Å². The molecular weight excluding hydrogens is 398 g/mol. The second kappa shape index (κ2) is 8.44. The summed E-state index contributed by atoms with van der Waals surface area (Å²) in [6, 6.07) is 15.0. The molecule has 2 aromatic carbocycles.